The monoisotopic (exact) mass is 249 g/mol. The van der Waals surface area contributed by atoms with E-state index in [1.807, 2.05) is 30.3 Å². The van der Waals surface area contributed by atoms with Crippen LogP contribution < -0.4 is 4.90 Å². The van der Waals surface area contributed by atoms with Gasteiger partial charge in [-0.3, -0.25) is 9.59 Å². The Labute approximate surface area is 108 Å². The van der Waals surface area contributed by atoms with Gasteiger partial charge in [0.15, 0.2) is 0 Å². The van der Waals surface area contributed by atoms with E-state index in [-0.39, 0.29) is 12.3 Å². The SMILES string of the molecule is CN(C(=O)CC(=O)OC(C)(C)C)c1ccccc1. The minimum absolute atomic E-state index is 0.247. The van der Waals surface area contributed by atoms with E-state index in [4.69, 9.17) is 4.74 Å². The Hall–Kier alpha value is -1.84. The minimum Gasteiger partial charge on any atom is -0.460 e. The van der Waals surface area contributed by atoms with Crippen molar-refractivity contribution in [1.82, 2.24) is 0 Å². The smallest absolute Gasteiger partial charge is 0.315 e. The molecule has 4 heteroatoms. The number of rotatable bonds is 3. The van der Waals surface area contributed by atoms with Crippen LogP contribution in [0.2, 0.25) is 0 Å². The zero-order chi connectivity index (χ0) is 13.8. The van der Waals surface area contributed by atoms with Gasteiger partial charge in [0.2, 0.25) is 5.91 Å². The summed E-state index contributed by atoms with van der Waals surface area (Å²) in [6.45, 7) is 5.32. The molecule has 0 aliphatic rings. The number of ether oxygens (including phenoxy) is 1. The van der Waals surface area contributed by atoms with Crippen LogP contribution in [0.25, 0.3) is 0 Å². The van der Waals surface area contributed by atoms with E-state index in [1.165, 1.54) is 4.90 Å². The van der Waals surface area contributed by atoms with Crippen molar-refractivity contribution in [2.45, 2.75) is 32.8 Å². The molecule has 98 valence electrons. The number of amides is 1. The molecule has 0 aliphatic heterocycles. The van der Waals surface area contributed by atoms with Crippen LogP contribution in [0.4, 0.5) is 5.69 Å². The van der Waals surface area contributed by atoms with Crippen LogP contribution >= 0.6 is 0 Å². The van der Waals surface area contributed by atoms with E-state index < -0.39 is 11.6 Å². The fourth-order valence-corrected chi connectivity index (χ4v) is 1.42. The zero-order valence-corrected chi connectivity index (χ0v) is 11.3. The van der Waals surface area contributed by atoms with Gasteiger partial charge in [-0.15, -0.1) is 0 Å². The van der Waals surface area contributed by atoms with Crippen LogP contribution in [-0.2, 0) is 14.3 Å². The summed E-state index contributed by atoms with van der Waals surface area (Å²) in [5.74, 6) is -0.786. The summed E-state index contributed by atoms with van der Waals surface area (Å²) in [5, 5.41) is 0. The number of nitrogens with zero attached hydrogens (tertiary/aromatic N) is 1. The number of carbonyl (C=O) groups is 2. The van der Waals surface area contributed by atoms with Crippen molar-refractivity contribution < 1.29 is 14.3 Å². The van der Waals surface area contributed by atoms with Crippen molar-refractivity contribution in [2.75, 3.05) is 11.9 Å². The molecule has 18 heavy (non-hydrogen) atoms. The highest BCUT2D eigenvalue weighted by Gasteiger charge is 2.21. The maximum absolute atomic E-state index is 11.9. The number of hydrogen-bond acceptors (Lipinski definition) is 3. The molecule has 0 spiro atoms. The lowest BCUT2D eigenvalue weighted by atomic mass is 10.2. The Morgan fingerprint density at radius 1 is 1.17 bits per heavy atom. The first-order valence-corrected chi connectivity index (χ1v) is 5.83. The lowest BCUT2D eigenvalue weighted by Gasteiger charge is -2.21. The van der Waals surface area contributed by atoms with Gasteiger partial charge in [0.05, 0.1) is 0 Å². The fraction of sp³-hybridized carbons (Fsp3) is 0.429. The second kappa shape index (κ2) is 5.67. The number of para-hydroxylation sites is 1. The molecular formula is C14H19NO3. The summed E-state index contributed by atoms with van der Waals surface area (Å²) in [4.78, 5) is 24.8. The third-order valence-corrected chi connectivity index (χ3v) is 2.23. The standard InChI is InChI=1S/C14H19NO3/c1-14(2,3)18-13(17)10-12(16)15(4)11-8-6-5-7-9-11/h5-9H,10H2,1-4H3. The summed E-state index contributed by atoms with van der Waals surface area (Å²) in [5.41, 5.74) is 0.189. The number of hydrogen-bond donors (Lipinski definition) is 0. The van der Waals surface area contributed by atoms with Gasteiger partial charge in [-0.2, -0.15) is 0 Å². The second-order valence-corrected chi connectivity index (χ2v) is 5.05. The van der Waals surface area contributed by atoms with Gasteiger partial charge in [-0.1, -0.05) is 18.2 Å². The van der Waals surface area contributed by atoms with Gasteiger partial charge in [-0.05, 0) is 32.9 Å². The molecule has 1 aromatic carbocycles. The Balaban J connectivity index is 2.59. The maximum atomic E-state index is 11.9. The van der Waals surface area contributed by atoms with Crippen molar-refractivity contribution >= 4 is 17.6 Å². The van der Waals surface area contributed by atoms with Gasteiger partial charge in [0.1, 0.15) is 12.0 Å². The Bertz CT molecular complexity index is 420. The number of carbonyl (C=O) groups excluding carboxylic acids is 2. The lowest BCUT2D eigenvalue weighted by Crippen LogP contribution is -2.31. The van der Waals surface area contributed by atoms with Crippen LogP contribution in [0, 0.1) is 0 Å². The Morgan fingerprint density at radius 2 is 1.72 bits per heavy atom. The van der Waals surface area contributed by atoms with Crippen molar-refractivity contribution in [3.63, 3.8) is 0 Å². The molecule has 0 atom stereocenters. The molecule has 1 amide bonds. The highest BCUT2D eigenvalue weighted by Crippen LogP contribution is 2.13. The third-order valence-electron chi connectivity index (χ3n) is 2.23. The normalized spacial score (nSPS) is 10.9. The first kappa shape index (κ1) is 14.2. The fourth-order valence-electron chi connectivity index (χ4n) is 1.42. The molecule has 0 saturated heterocycles. The van der Waals surface area contributed by atoms with Crippen LogP contribution in [0.3, 0.4) is 0 Å². The van der Waals surface area contributed by atoms with Crippen LogP contribution in [-0.4, -0.2) is 24.5 Å². The molecule has 0 fully saturated rings. The first-order valence-electron chi connectivity index (χ1n) is 5.83. The first-order chi connectivity index (χ1) is 8.29. The lowest BCUT2D eigenvalue weighted by molar-refractivity contribution is -0.156. The molecule has 0 aliphatic carbocycles. The van der Waals surface area contributed by atoms with E-state index in [0.717, 1.165) is 5.69 Å². The molecule has 0 unspecified atom stereocenters. The molecular weight excluding hydrogens is 230 g/mol. The molecule has 4 nitrogen and oxygen atoms in total. The Kier molecular flexibility index (Phi) is 4.48. The van der Waals surface area contributed by atoms with Gasteiger partial charge in [0, 0.05) is 12.7 Å². The maximum Gasteiger partial charge on any atom is 0.315 e. The van der Waals surface area contributed by atoms with Crippen molar-refractivity contribution in [3.8, 4) is 0 Å². The zero-order valence-electron chi connectivity index (χ0n) is 11.3. The van der Waals surface area contributed by atoms with E-state index in [9.17, 15) is 9.59 Å². The van der Waals surface area contributed by atoms with Gasteiger partial charge in [-0.25, -0.2) is 0 Å². The van der Waals surface area contributed by atoms with Crippen LogP contribution in [0.1, 0.15) is 27.2 Å². The van der Waals surface area contributed by atoms with Gasteiger partial charge < -0.3 is 9.64 Å². The number of esters is 1. The summed E-state index contributed by atoms with van der Waals surface area (Å²) < 4.78 is 5.11. The largest absolute Gasteiger partial charge is 0.460 e. The average molecular weight is 249 g/mol. The molecule has 0 heterocycles. The predicted octanol–water partition coefficient (Wildman–Crippen LogP) is 2.38. The Morgan fingerprint density at radius 3 is 2.22 bits per heavy atom. The quantitative estimate of drug-likeness (QED) is 0.610. The molecule has 0 aromatic heterocycles. The van der Waals surface area contributed by atoms with E-state index in [0.29, 0.717) is 0 Å². The highest BCUT2D eigenvalue weighted by molar-refractivity contribution is 6.03. The molecule has 0 radical (unpaired) electrons. The molecule has 0 N–H and O–H groups in total. The van der Waals surface area contributed by atoms with Crippen molar-refractivity contribution in [3.05, 3.63) is 30.3 Å². The summed E-state index contributed by atoms with van der Waals surface area (Å²) >= 11 is 0. The topological polar surface area (TPSA) is 46.6 Å². The van der Waals surface area contributed by atoms with E-state index >= 15 is 0 Å². The summed E-state index contributed by atoms with van der Waals surface area (Å²) in [7, 11) is 1.64. The van der Waals surface area contributed by atoms with Crippen molar-refractivity contribution in [2.24, 2.45) is 0 Å². The molecule has 1 aromatic rings. The van der Waals surface area contributed by atoms with Gasteiger partial charge >= 0.3 is 5.97 Å². The molecule has 1 rings (SSSR count). The third kappa shape index (κ3) is 4.57. The average Bonchev–Trinajstić information content (AvgIpc) is 2.26. The molecule has 0 bridgehead atoms. The summed E-state index contributed by atoms with van der Waals surface area (Å²) in [6.07, 6.45) is -0.247. The highest BCUT2D eigenvalue weighted by atomic mass is 16.6. The number of anilines is 1. The van der Waals surface area contributed by atoms with E-state index in [2.05, 4.69) is 0 Å². The molecule has 0 saturated carbocycles. The van der Waals surface area contributed by atoms with E-state index in [1.54, 1.807) is 27.8 Å². The van der Waals surface area contributed by atoms with Crippen LogP contribution in [0.15, 0.2) is 30.3 Å². The predicted molar refractivity (Wildman–Crippen MR) is 70.3 cm³/mol. The number of benzene rings is 1. The minimum atomic E-state index is -0.567. The second-order valence-electron chi connectivity index (χ2n) is 5.05. The van der Waals surface area contributed by atoms with Crippen molar-refractivity contribution in [1.29, 1.82) is 0 Å². The van der Waals surface area contributed by atoms with Gasteiger partial charge in [0.25, 0.3) is 0 Å². The van der Waals surface area contributed by atoms with Crippen LogP contribution in [0.5, 0.6) is 0 Å². The summed E-state index contributed by atoms with van der Waals surface area (Å²) in [6, 6.07) is 9.18.